The molecular weight excluding hydrogens is 284 g/mol. The zero-order valence-corrected chi connectivity index (χ0v) is 12.5. The topological polar surface area (TPSA) is 71.8 Å². The average Bonchev–Trinajstić information content (AvgIpc) is 2.91. The lowest BCUT2D eigenvalue weighted by atomic mass is 10.1. The number of amides is 1. The third-order valence-corrected chi connectivity index (χ3v) is 4.21. The number of methoxy groups -OCH3 is 1. The van der Waals surface area contributed by atoms with Gasteiger partial charge in [0.05, 0.1) is 17.2 Å². The number of β-amino-alcohol motifs (C(OH)–C–C–N with tert-alkyl or cyclic N) is 1. The number of likely N-dealkylation sites (tertiary alicyclic amines) is 1. The minimum Gasteiger partial charge on any atom is -0.388 e. The van der Waals surface area contributed by atoms with E-state index in [1.807, 2.05) is 24.3 Å². The normalized spacial score (nSPS) is 21.5. The summed E-state index contributed by atoms with van der Waals surface area (Å²) in [6, 6.07) is 8.65. The molecule has 6 nitrogen and oxygen atoms in total. The van der Waals surface area contributed by atoms with Crippen LogP contribution in [0.4, 0.5) is 0 Å². The molecule has 0 saturated carbocycles. The predicted molar refractivity (Wildman–Crippen MR) is 81.9 cm³/mol. The van der Waals surface area contributed by atoms with Crippen molar-refractivity contribution in [1.82, 2.24) is 9.47 Å². The van der Waals surface area contributed by atoms with Crippen molar-refractivity contribution < 1.29 is 14.6 Å². The third-order valence-electron chi connectivity index (χ3n) is 4.21. The highest BCUT2D eigenvalue weighted by atomic mass is 16.5. The predicted octanol–water partition coefficient (Wildman–Crippen LogP) is 0.370. The standard InChI is InChI=1S/C16H18N2O4/c1-17-12-6-4-3-5-10(12)11(7-15(17)20)16(21)18-8-13(19)14(9-18)22-2/h3-7,13-14,19H,8-9H2,1-2H3/t13-,14-/m0/s1. The summed E-state index contributed by atoms with van der Waals surface area (Å²) in [5, 5.41) is 10.6. The van der Waals surface area contributed by atoms with Crippen molar-refractivity contribution in [3.05, 3.63) is 46.2 Å². The highest BCUT2D eigenvalue weighted by Crippen LogP contribution is 2.21. The summed E-state index contributed by atoms with van der Waals surface area (Å²) in [7, 11) is 3.19. The molecule has 1 aliphatic heterocycles. The number of para-hydroxylation sites is 1. The molecule has 2 heterocycles. The van der Waals surface area contributed by atoms with Crippen LogP contribution in [-0.2, 0) is 11.8 Å². The van der Waals surface area contributed by atoms with E-state index < -0.39 is 6.10 Å². The Kier molecular flexibility index (Phi) is 3.72. The summed E-state index contributed by atoms with van der Waals surface area (Å²) >= 11 is 0. The molecule has 1 amide bonds. The number of aryl methyl sites for hydroxylation is 1. The van der Waals surface area contributed by atoms with Crippen molar-refractivity contribution in [3.63, 3.8) is 0 Å². The van der Waals surface area contributed by atoms with Gasteiger partial charge in [0.25, 0.3) is 11.5 Å². The maximum Gasteiger partial charge on any atom is 0.254 e. The Labute approximate surface area is 127 Å². The number of rotatable bonds is 2. The second-order valence-corrected chi connectivity index (χ2v) is 5.52. The van der Waals surface area contributed by atoms with Gasteiger partial charge in [-0.3, -0.25) is 9.59 Å². The highest BCUT2D eigenvalue weighted by molar-refractivity contribution is 6.06. The molecule has 0 unspecified atom stereocenters. The molecule has 0 radical (unpaired) electrons. The van der Waals surface area contributed by atoms with Crippen LogP contribution >= 0.6 is 0 Å². The molecular formula is C16H18N2O4. The lowest BCUT2D eigenvalue weighted by Crippen LogP contribution is -2.31. The van der Waals surface area contributed by atoms with Crippen molar-refractivity contribution in [1.29, 1.82) is 0 Å². The zero-order valence-electron chi connectivity index (χ0n) is 12.5. The first kappa shape index (κ1) is 14.7. The van der Waals surface area contributed by atoms with Gasteiger partial charge < -0.3 is 19.3 Å². The van der Waals surface area contributed by atoms with Crippen LogP contribution in [0.1, 0.15) is 10.4 Å². The first-order valence-corrected chi connectivity index (χ1v) is 7.12. The van der Waals surface area contributed by atoms with Crippen LogP contribution in [0.15, 0.2) is 35.1 Å². The third kappa shape index (κ3) is 2.30. The molecule has 6 heteroatoms. The molecule has 1 fully saturated rings. The summed E-state index contributed by atoms with van der Waals surface area (Å²) in [4.78, 5) is 26.3. The molecule has 0 aliphatic carbocycles. The first-order chi connectivity index (χ1) is 10.5. The van der Waals surface area contributed by atoms with Crippen molar-refractivity contribution >= 4 is 16.8 Å². The number of fused-ring (bicyclic) bond motifs is 1. The molecule has 2 aromatic rings. The van der Waals surface area contributed by atoms with E-state index in [1.165, 1.54) is 22.6 Å². The van der Waals surface area contributed by atoms with Gasteiger partial charge in [-0.25, -0.2) is 0 Å². The number of benzene rings is 1. The van der Waals surface area contributed by atoms with Crippen LogP contribution in [0, 0.1) is 0 Å². The van der Waals surface area contributed by atoms with Crippen LogP contribution in [0.3, 0.4) is 0 Å². The maximum atomic E-state index is 12.7. The van der Waals surface area contributed by atoms with Crippen LogP contribution in [-0.4, -0.2) is 52.9 Å². The molecule has 1 N–H and O–H groups in total. The van der Waals surface area contributed by atoms with Crippen LogP contribution in [0.25, 0.3) is 10.9 Å². The Morgan fingerprint density at radius 1 is 1.32 bits per heavy atom. The Balaban J connectivity index is 2.06. The number of ether oxygens (including phenoxy) is 1. The number of aromatic nitrogens is 1. The molecule has 3 rings (SSSR count). The second-order valence-electron chi connectivity index (χ2n) is 5.52. The highest BCUT2D eigenvalue weighted by Gasteiger charge is 2.35. The maximum absolute atomic E-state index is 12.7. The number of hydrogen-bond acceptors (Lipinski definition) is 4. The monoisotopic (exact) mass is 302 g/mol. The molecule has 1 saturated heterocycles. The number of pyridine rings is 1. The summed E-state index contributed by atoms with van der Waals surface area (Å²) in [5.41, 5.74) is 0.842. The molecule has 2 atom stereocenters. The van der Waals surface area contributed by atoms with E-state index in [2.05, 4.69) is 0 Å². The fraction of sp³-hybridized carbons (Fsp3) is 0.375. The number of hydrogen-bond donors (Lipinski definition) is 1. The van der Waals surface area contributed by atoms with E-state index in [-0.39, 0.29) is 24.1 Å². The molecule has 1 aromatic carbocycles. The van der Waals surface area contributed by atoms with Crippen molar-refractivity contribution in [2.24, 2.45) is 7.05 Å². The quantitative estimate of drug-likeness (QED) is 0.870. The largest absolute Gasteiger partial charge is 0.388 e. The van der Waals surface area contributed by atoms with Crippen LogP contribution < -0.4 is 5.56 Å². The van der Waals surface area contributed by atoms with Crippen LogP contribution in [0.5, 0.6) is 0 Å². The fourth-order valence-corrected chi connectivity index (χ4v) is 2.91. The molecule has 0 spiro atoms. The SMILES string of the molecule is CO[C@H]1CN(C(=O)c2cc(=O)n(C)c3ccccc23)C[C@@H]1O. The summed E-state index contributed by atoms with van der Waals surface area (Å²) in [6.45, 7) is 0.529. The minimum absolute atomic E-state index is 0.209. The van der Waals surface area contributed by atoms with E-state index in [9.17, 15) is 14.7 Å². The van der Waals surface area contributed by atoms with E-state index >= 15 is 0 Å². The van der Waals surface area contributed by atoms with Gasteiger partial charge >= 0.3 is 0 Å². The van der Waals surface area contributed by atoms with Gasteiger partial charge in [-0.2, -0.15) is 0 Å². The zero-order chi connectivity index (χ0) is 15.9. The number of carbonyl (C=O) groups is 1. The Morgan fingerprint density at radius 2 is 2.05 bits per heavy atom. The molecule has 1 aromatic heterocycles. The summed E-state index contributed by atoms with van der Waals surface area (Å²) < 4.78 is 6.68. The number of nitrogens with zero attached hydrogens (tertiary/aromatic N) is 2. The lowest BCUT2D eigenvalue weighted by molar-refractivity contribution is 0.0215. The smallest absolute Gasteiger partial charge is 0.254 e. The Bertz CT molecular complexity index is 783. The summed E-state index contributed by atoms with van der Waals surface area (Å²) in [5.74, 6) is -0.257. The molecule has 1 aliphatic rings. The van der Waals surface area contributed by atoms with Gasteiger partial charge in [0.15, 0.2) is 0 Å². The van der Waals surface area contributed by atoms with E-state index in [0.29, 0.717) is 17.6 Å². The van der Waals surface area contributed by atoms with Crippen molar-refractivity contribution in [2.75, 3.05) is 20.2 Å². The fourth-order valence-electron chi connectivity index (χ4n) is 2.91. The van der Waals surface area contributed by atoms with Gasteiger partial charge in [-0.05, 0) is 6.07 Å². The van der Waals surface area contributed by atoms with Crippen molar-refractivity contribution in [2.45, 2.75) is 12.2 Å². The van der Waals surface area contributed by atoms with Crippen LogP contribution in [0.2, 0.25) is 0 Å². The van der Waals surface area contributed by atoms with E-state index in [4.69, 9.17) is 4.74 Å². The van der Waals surface area contributed by atoms with E-state index in [0.717, 1.165) is 5.39 Å². The number of aliphatic hydroxyl groups excluding tert-OH is 1. The van der Waals surface area contributed by atoms with Gasteiger partial charge in [-0.15, -0.1) is 0 Å². The second kappa shape index (κ2) is 5.55. The molecule has 116 valence electrons. The van der Waals surface area contributed by atoms with Crippen molar-refractivity contribution in [3.8, 4) is 0 Å². The average molecular weight is 302 g/mol. The first-order valence-electron chi connectivity index (χ1n) is 7.12. The van der Waals surface area contributed by atoms with E-state index in [1.54, 1.807) is 7.05 Å². The van der Waals surface area contributed by atoms with Gasteiger partial charge in [-0.1, -0.05) is 18.2 Å². The number of carbonyl (C=O) groups excluding carboxylic acids is 1. The molecule has 22 heavy (non-hydrogen) atoms. The lowest BCUT2D eigenvalue weighted by Gasteiger charge is -2.17. The Hall–Kier alpha value is -2.18. The summed E-state index contributed by atoms with van der Waals surface area (Å²) in [6.07, 6.45) is -1.09. The number of aliphatic hydroxyl groups is 1. The Morgan fingerprint density at radius 3 is 2.73 bits per heavy atom. The van der Waals surface area contributed by atoms with Gasteiger partial charge in [0.1, 0.15) is 6.10 Å². The minimum atomic E-state index is -0.702. The van der Waals surface area contributed by atoms with Gasteiger partial charge in [0.2, 0.25) is 0 Å². The van der Waals surface area contributed by atoms with Gasteiger partial charge in [0, 0.05) is 38.7 Å². The molecule has 0 bridgehead atoms.